The summed E-state index contributed by atoms with van der Waals surface area (Å²) in [6.45, 7) is 1.67. The SMILES string of the molecule is C/C(=N\O)c1noc2ccccc12. The molecular formula is C9H8N2O2. The number of rotatable bonds is 1. The molecule has 0 saturated carbocycles. The van der Waals surface area contributed by atoms with Crippen LogP contribution in [0.2, 0.25) is 0 Å². The van der Waals surface area contributed by atoms with Crippen LogP contribution < -0.4 is 0 Å². The second-order valence-electron chi connectivity index (χ2n) is 2.71. The summed E-state index contributed by atoms with van der Waals surface area (Å²) < 4.78 is 5.03. The van der Waals surface area contributed by atoms with Gasteiger partial charge in [-0.3, -0.25) is 0 Å². The Bertz CT molecular complexity index is 459. The van der Waals surface area contributed by atoms with Gasteiger partial charge in [0.15, 0.2) is 5.58 Å². The van der Waals surface area contributed by atoms with E-state index in [2.05, 4.69) is 10.3 Å². The lowest BCUT2D eigenvalue weighted by atomic mass is 10.2. The average molecular weight is 176 g/mol. The molecule has 2 aromatic rings. The third-order valence-corrected chi connectivity index (χ3v) is 1.87. The van der Waals surface area contributed by atoms with Crippen LogP contribution in [0.5, 0.6) is 0 Å². The summed E-state index contributed by atoms with van der Waals surface area (Å²) in [6, 6.07) is 7.43. The van der Waals surface area contributed by atoms with E-state index in [9.17, 15) is 0 Å². The van der Waals surface area contributed by atoms with Crippen molar-refractivity contribution in [2.45, 2.75) is 6.92 Å². The third-order valence-electron chi connectivity index (χ3n) is 1.87. The highest BCUT2D eigenvalue weighted by Crippen LogP contribution is 2.17. The number of aromatic nitrogens is 1. The van der Waals surface area contributed by atoms with Crippen molar-refractivity contribution < 1.29 is 9.73 Å². The number of oxime groups is 1. The van der Waals surface area contributed by atoms with Crippen LogP contribution in [0.25, 0.3) is 11.0 Å². The summed E-state index contributed by atoms with van der Waals surface area (Å²) >= 11 is 0. The Hall–Kier alpha value is -1.84. The van der Waals surface area contributed by atoms with E-state index in [1.165, 1.54) is 0 Å². The minimum atomic E-state index is 0.449. The first kappa shape index (κ1) is 7.79. The second kappa shape index (κ2) is 2.90. The number of benzene rings is 1. The van der Waals surface area contributed by atoms with Gasteiger partial charge in [0.2, 0.25) is 0 Å². The van der Waals surface area contributed by atoms with Crippen LogP contribution in [0.15, 0.2) is 33.9 Å². The van der Waals surface area contributed by atoms with Crippen LogP contribution in [0.4, 0.5) is 0 Å². The number of hydrogen-bond acceptors (Lipinski definition) is 4. The first-order chi connectivity index (χ1) is 6.33. The van der Waals surface area contributed by atoms with Gasteiger partial charge in [0, 0.05) is 0 Å². The quantitative estimate of drug-likeness (QED) is 0.411. The summed E-state index contributed by atoms with van der Waals surface area (Å²) in [7, 11) is 0. The van der Waals surface area contributed by atoms with E-state index in [0.29, 0.717) is 17.0 Å². The molecule has 0 unspecified atom stereocenters. The lowest BCUT2D eigenvalue weighted by molar-refractivity contribution is 0.318. The Morgan fingerprint density at radius 1 is 1.46 bits per heavy atom. The molecule has 1 N–H and O–H groups in total. The summed E-state index contributed by atoms with van der Waals surface area (Å²) in [4.78, 5) is 0. The fraction of sp³-hybridized carbons (Fsp3) is 0.111. The molecule has 1 aromatic carbocycles. The van der Waals surface area contributed by atoms with Gasteiger partial charge < -0.3 is 9.73 Å². The molecule has 13 heavy (non-hydrogen) atoms. The molecule has 4 nitrogen and oxygen atoms in total. The van der Waals surface area contributed by atoms with E-state index in [1.54, 1.807) is 6.92 Å². The number of nitrogens with zero attached hydrogens (tertiary/aromatic N) is 2. The van der Waals surface area contributed by atoms with Crippen molar-refractivity contribution in [3.63, 3.8) is 0 Å². The highest BCUT2D eigenvalue weighted by Gasteiger charge is 2.09. The van der Waals surface area contributed by atoms with Crippen LogP contribution >= 0.6 is 0 Å². The topological polar surface area (TPSA) is 58.6 Å². The minimum Gasteiger partial charge on any atom is -0.411 e. The van der Waals surface area contributed by atoms with E-state index in [1.807, 2.05) is 24.3 Å². The highest BCUT2D eigenvalue weighted by molar-refractivity contribution is 6.06. The Kier molecular flexibility index (Phi) is 1.73. The van der Waals surface area contributed by atoms with Crippen molar-refractivity contribution >= 4 is 16.7 Å². The molecule has 0 aliphatic heterocycles. The van der Waals surface area contributed by atoms with Gasteiger partial charge in [-0.1, -0.05) is 22.4 Å². The molecule has 2 rings (SSSR count). The smallest absolute Gasteiger partial charge is 0.167 e. The van der Waals surface area contributed by atoms with E-state index < -0.39 is 0 Å². The maximum atomic E-state index is 8.57. The van der Waals surface area contributed by atoms with Crippen molar-refractivity contribution in [2.75, 3.05) is 0 Å². The summed E-state index contributed by atoms with van der Waals surface area (Å²) in [6.07, 6.45) is 0. The standard InChI is InChI=1S/C9H8N2O2/c1-6(10-12)9-7-4-2-3-5-8(7)13-11-9/h2-5,12H,1H3/b10-6+. The predicted octanol–water partition coefficient (Wildman–Crippen LogP) is 2.03. The summed E-state index contributed by atoms with van der Waals surface area (Å²) in [5.74, 6) is 0. The highest BCUT2D eigenvalue weighted by atomic mass is 16.5. The van der Waals surface area contributed by atoms with Gasteiger partial charge in [-0.25, -0.2) is 0 Å². The van der Waals surface area contributed by atoms with E-state index in [-0.39, 0.29) is 0 Å². The lowest BCUT2D eigenvalue weighted by Gasteiger charge is -1.89. The van der Waals surface area contributed by atoms with Crippen molar-refractivity contribution in [2.24, 2.45) is 5.16 Å². The first-order valence-corrected chi connectivity index (χ1v) is 3.86. The normalized spacial score (nSPS) is 12.2. The van der Waals surface area contributed by atoms with Crippen molar-refractivity contribution in [1.29, 1.82) is 0 Å². The number of fused-ring (bicyclic) bond motifs is 1. The molecule has 1 heterocycles. The van der Waals surface area contributed by atoms with Crippen molar-refractivity contribution in [3.8, 4) is 0 Å². The zero-order chi connectivity index (χ0) is 9.26. The Morgan fingerprint density at radius 3 is 3.00 bits per heavy atom. The van der Waals surface area contributed by atoms with Crippen LogP contribution in [0.3, 0.4) is 0 Å². The zero-order valence-corrected chi connectivity index (χ0v) is 7.06. The van der Waals surface area contributed by atoms with E-state index >= 15 is 0 Å². The molecule has 0 aliphatic rings. The van der Waals surface area contributed by atoms with Gasteiger partial charge in [-0.15, -0.1) is 0 Å². The van der Waals surface area contributed by atoms with Gasteiger partial charge in [0.25, 0.3) is 0 Å². The Morgan fingerprint density at radius 2 is 2.23 bits per heavy atom. The molecule has 0 fully saturated rings. The predicted molar refractivity (Wildman–Crippen MR) is 48.0 cm³/mol. The van der Waals surface area contributed by atoms with E-state index in [4.69, 9.17) is 9.73 Å². The van der Waals surface area contributed by atoms with Crippen molar-refractivity contribution in [3.05, 3.63) is 30.0 Å². The Labute approximate surface area is 74.5 Å². The molecule has 0 bridgehead atoms. The van der Waals surface area contributed by atoms with Crippen LogP contribution in [0.1, 0.15) is 12.6 Å². The molecule has 0 spiro atoms. The molecule has 0 atom stereocenters. The average Bonchev–Trinajstić information content (AvgIpc) is 2.60. The van der Waals surface area contributed by atoms with Crippen molar-refractivity contribution in [1.82, 2.24) is 5.16 Å². The zero-order valence-electron chi connectivity index (χ0n) is 7.06. The number of hydrogen-bond donors (Lipinski definition) is 1. The van der Waals surface area contributed by atoms with Gasteiger partial charge in [0.05, 0.1) is 5.39 Å². The van der Waals surface area contributed by atoms with Gasteiger partial charge in [-0.05, 0) is 19.1 Å². The fourth-order valence-corrected chi connectivity index (χ4v) is 1.19. The minimum absolute atomic E-state index is 0.449. The van der Waals surface area contributed by atoms with Crippen LogP contribution in [-0.4, -0.2) is 16.1 Å². The lowest BCUT2D eigenvalue weighted by Crippen LogP contribution is -1.94. The molecule has 0 radical (unpaired) electrons. The molecule has 0 aliphatic carbocycles. The first-order valence-electron chi connectivity index (χ1n) is 3.86. The number of para-hydroxylation sites is 1. The van der Waals surface area contributed by atoms with E-state index in [0.717, 1.165) is 5.39 Å². The monoisotopic (exact) mass is 176 g/mol. The van der Waals surface area contributed by atoms with Gasteiger partial charge in [-0.2, -0.15) is 0 Å². The molecule has 0 amide bonds. The summed E-state index contributed by atoms with van der Waals surface area (Å²) in [5, 5.41) is 16.3. The molecule has 0 saturated heterocycles. The molecule has 1 aromatic heterocycles. The van der Waals surface area contributed by atoms with Crippen LogP contribution in [0, 0.1) is 0 Å². The maximum absolute atomic E-state index is 8.57. The fourth-order valence-electron chi connectivity index (χ4n) is 1.19. The largest absolute Gasteiger partial charge is 0.411 e. The van der Waals surface area contributed by atoms with Gasteiger partial charge >= 0.3 is 0 Å². The maximum Gasteiger partial charge on any atom is 0.167 e. The molecular weight excluding hydrogens is 168 g/mol. The molecule has 66 valence electrons. The second-order valence-corrected chi connectivity index (χ2v) is 2.71. The summed E-state index contributed by atoms with van der Waals surface area (Å²) in [5.41, 5.74) is 1.73. The third kappa shape index (κ3) is 1.16. The van der Waals surface area contributed by atoms with Gasteiger partial charge in [0.1, 0.15) is 11.4 Å². The Balaban J connectivity index is 2.71. The van der Waals surface area contributed by atoms with Crippen LogP contribution in [-0.2, 0) is 0 Å². The molecule has 4 heteroatoms.